The van der Waals surface area contributed by atoms with Crippen LogP contribution in [0, 0.1) is 0 Å². The number of hydrogen-bond acceptors (Lipinski definition) is 8. The quantitative estimate of drug-likeness (QED) is 0.391. The molecule has 2 aromatic heterocycles. The maximum Gasteiger partial charge on any atom is 0.213 e. The minimum Gasteiger partial charge on any atom is -0.493 e. The number of ether oxygens (including phenoxy) is 4. The molecule has 0 bridgehead atoms. The van der Waals surface area contributed by atoms with Gasteiger partial charge >= 0.3 is 0 Å². The summed E-state index contributed by atoms with van der Waals surface area (Å²) < 4.78 is 24.1. The number of anilines is 2. The molecule has 9 nitrogen and oxygen atoms in total. The van der Waals surface area contributed by atoms with E-state index >= 15 is 0 Å². The van der Waals surface area contributed by atoms with Crippen molar-refractivity contribution in [2.24, 2.45) is 0 Å². The Morgan fingerprint density at radius 2 is 1.77 bits per heavy atom. The summed E-state index contributed by atoms with van der Waals surface area (Å²) in [7, 11) is 3.24. The minimum absolute atomic E-state index is 0.647. The van der Waals surface area contributed by atoms with Gasteiger partial charge in [0, 0.05) is 49.3 Å². The van der Waals surface area contributed by atoms with Gasteiger partial charge in [-0.1, -0.05) is 0 Å². The van der Waals surface area contributed by atoms with Gasteiger partial charge in [0.1, 0.15) is 18.0 Å². The molecule has 1 aliphatic rings. The number of nitrogens with one attached hydrogen (secondary N) is 1. The Morgan fingerprint density at radius 3 is 2.54 bits per heavy atom. The Hall–Kier alpha value is -3.82. The number of imidazole rings is 1. The molecule has 4 aromatic rings. The van der Waals surface area contributed by atoms with Crippen molar-refractivity contribution >= 4 is 17.3 Å². The first-order valence-corrected chi connectivity index (χ1v) is 11.6. The number of morpholine rings is 1. The highest BCUT2D eigenvalue weighted by Gasteiger charge is 2.13. The van der Waals surface area contributed by atoms with Gasteiger partial charge in [0.15, 0.2) is 11.5 Å². The molecule has 5 rings (SSSR count). The van der Waals surface area contributed by atoms with E-state index in [4.69, 9.17) is 23.9 Å². The topological polar surface area (TPSA) is 82.4 Å². The van der Waals surface area contributed by atoms with Gasteiger partial charge in [-0.2, -0.15) is 0 Å². The molecule has 0 unspecified atom stereocenters. The second-order valence-electron chi connectivity index (χ2n) is 8.14. The number of benzene rings is 2. The number of hydrogen-bond donors (Lipinski definition) is 1. The average molecular weight is 476 g/mol. The fourth-order valence-electron chi connectivity index (χ4n) is 4.04. The van der Waals surface area contributed by atoms with Crippen molar-refractivity contribution in [3.05, 3.63) is 60.9 Å². The van der Waals surface area contributed by atoms with Crippen LogP contribution in [0.1, 0.15) is 0 Å². The summed E-state index contributed by atoms with van der Waals surface area (Å²) in [4.78, 5) is 11.7. The number of nitrogens with zero attached hydrogens (tertiary/aromatic N) is 4. The third-order valence-corrected chi connectivity index (χ3v) is 5.96. The Bertz CT molecular complexity index is 1270. The second-order valence-corrected chi connectivity index (χ2v) is 8.14. The van der Waals surface area contributed by atoms with Gasteiger partial charge < -0.3 is 24.3 Å². The van der Waals surface area contributed by atoms with Crippen LogP contribution in [-0.2, 0) is 4.74 Å². The highest BCUT2D eigenvalue weighted by Crippen LogP contribution is 2.32. The molecule has 0 amide bonds. The zero-order chi connectivity index (χ0) is 24.0. The van der Waals surface area contributed by atoms with E-state index < -0.39 is 0 Å². The van der Waals surface area contributed by atoms with E-state index in [2.05, 4.69) is 15.2 Å². The van der Waals surface area contributed by atoms with Gasteiger partial charge in [0.25, 0.3) is 0 Å². The lowest BCUT2D eigenvalue weighted by Gasteiger charge is -2.26. The van der Waals surface area contributed by atoms with E-state index in [0.717, 1.165) is 61.2 Å². The fourth-order valence-corrected chi connectivity index (χ4v) is 4.04. The van der Waals surface area contributed by atoms with Crippen LogP contribution in [-0.4, -0.2) is 72.9 Å². The number of fused-ring (bicyclic) bond motifs is 1. The fraction of sp³-hybridized carbons (Fsp3) is 0.308. The first kappa shape index (κ1) is 22.9. The standard InChI is InChI=1S/C26H29N5O4/c1-32-23-8-3-19(17-24(23)33-2)22-18-25-27-9-10-31(25)26(29-22)28-20-4-6-21(7-5-20)35-16-13-30-11-14-34-15-12-30/h3-10,17-18H,11-16H2,1-2H3,(H,28,29). The Labute approximate surface area is 204 Å². The van der Waals surface area contributed by atoms with Crippen molar-refractivity contribution in [3.63, 3.8) is 0 Å². The van der Waals surface area contributed by atoms with E-state index in [-0.39, 0.29) is 0 Å². The lowest BCUT2D eigenvalue weighted by atomic mass is 10.1. The molecule has 0 spiro atoms. The van der Waals surface area contributed by atoms with Gasteiger partial charge in [0.05, 0.1) is 33.1 Å². The number of rotatable bonds is 9. The predicted octanol–water partition coefficient (Wildman–Crippen LogP) is 3.87. The van der Waals surface area contributed by atoms with Crippen LogP contribution in [0.15, 0.2) is 60.9 Å². The molecular formula is C26H29N5O4. The Morgan fingerprint density at radius 1 is 0.971 bits per heavy atom. The maximum atomic E-state index is 5.93. The summed E-state index contributed by atoms with van der Waals surface area (Å²) in [5, 5.41) is 3.41. The van der Waals surface area contributed by atoms with E-state index in [1.165, 1.54) is 0 Å². The molecule has 2 aromatic carbocycles. The van der Waals surface area contributed by atoms with Crippen LogP contribution in [0.3, 0.4) is 0 Å². The zero-order valence-electron chi connectivity index (χ0n) is 19.9. The third kappa shape index (κ3) is 5.31. The Balaban J connectivity index is 1.31. The molecule has 1 fully saturated rings. The van der Waals surface area contributed by atoms with Crippen LogP contribution in [0.4, 0.5) is 11.6 Å². The summed E-state index contributed by atoms with van der Waals surface area (Å²) in [5.74, 6) is 2.81. The lowest BCUT2D eigenvalue weighted by Crippen LogP contribution is -2.38. The van der Waals surface area contributed by atoms with Crippen molar-refractivity contribution < 1.29 is 18.9 Å². The molecule has 0 saturated carbocycles. The van der Waals surface area contributed by atoms with E-state index in [0.29, 0.717) is 24.1 Å². The van der Waals surface area contributed by atoms with Crippen LogP contribution in [0.2, 0.25) is 0 Å². The molecule has 35 heavy (non-hydrogen) atoms. The van der Waals surface area contributed by atoms with E-state index in [1.807, 2.05) is 59.1 Å². The van der Waals surface area contributed by atoms with Gasteiger partial charge in [0.2, 0.25) is 5.95 Å². The number of aromatic nitrogens is 3. The number of methoxy groups -OCH3 is 2. The van der Waals surface area contributed by atoms with Crippen molar-refractivity contribution in [2.75, 3.05) is 59.0 Å². The molecule has 9 heteroatoms. The second kappa shape index (κ2) is 10.6. The first-order valence-electron chi connectivity index (χ1n) is 11.6. The average Bonchev–Trinajstić information content (AvgIpc) is 3.39. The Kier molecular flexibility index (Phi) is 6.97. The summed E-state index contributed by atoms with van der Waals surface area (Å²) in [5.41, 5.74) is 3.36. The van der Waals surface area contributed by atoms with E-state index in [9.17, 15) is 0 Å². The molecule has 1 N–H and O–H groups in total. The lowest BCUT2D eigenvalue weighted by molar-refractivity contribution is 0.0322. The zero-order valence-corrected chi connectivity index (χ0v) is 19.9. The van der Waals surface area contributed by atoms with Gasteiger partial charge in [-0.3, -0.25) is 9.30 Å². The van der Waals surface area contributed by atoms with Crippen LogP contribution < -0.4 is 19.5 Å². The van der Waals surface area contributed by atoms with Gasteiger partial charge in [-0.15, -0.1) is 0 Å². The summed E-state index contributed by atoms with van der Waals surface area (Å²) in [6.07, 6.45) is 3.64. The molecule has 0 atom stereocenters. The van der Waals surface area contributed by atoms with E-state index in [1.54, 1.807) is 20.4 Å². The smallest absolute Gasteiger partial charge is 0.213 e. The minimum atomic E-state index is 0.647. The molecule has 1 saturated heterocycles. The molecular weight excluding hydrogens is 446 g/mol. The maximum absolute atomic E-state index is 5.93. The molecule has 182 valence electrons. The highest BCUT2D eigenvalue weighted by atomic mass is 16.5. The van der Waals surface area contributed by atoms with Crippen molar-refractivity contribution in [3.8, 4) is 28.5 Å². The van der Waals surface area contributed by atoms with Crippen LogP contribution >= 0.6 is 0 Å². The summed E-state index contributed by atoms with van der Waals surface area (Å²) >= 11 is 0. The van der Waals surface area contributed by atoms with Gasteiger partial charge in [-0.05, 0) is 42.5 Å². The van der Waals surface area contributed by atoms with Gasteiger partial charge in [-0.25, -0.2) is 9.97 Å². The monoisotopic (exact) mass is 475 g/mol. The third-order valence-electron chi connectivity index (χ3n) is 5.96. The summed E-state index contributed by atoms with van der Waals surface area (Å²) in [6, 6.07) is 15.6. The van der Waals surface area contributed by atoms with Crippen molar-refractivity contribution in [2.45, 2.75) is 0 Å². The largest absolute Gasteiger partial charge is 0.493 e. The first-order chi connectivity index (χ1) is 17.2. The normalized spacial score (nSPS) is 14.1. The highest BCUT2D eigenvalue weighted by molar-refractivity contribution is 5.70. The SMILES string of the molecule is COc1ccc(-c2cc3nccn3c(Nc3ccc(OCCN4CCOCC4)cc3)n2)cc1OC. The van der Waals surface area contributed by atoms with Crippen molar-refractivity contribution in [1.29, 1.82) is 0 Å². The van der Waals surface area contributed by atoms with Crippen LogP contribution in [0.25, 0.3) is 16.9 Å². The molecule has 0 aliphatic carbocycles. The summed E-state index contributed by atoms with van der Waals surface area (Å²) in [6.45, 7) is 5.07. The molecule has 3 heterocycles. The van der Waals surface area contributed by atoms with Crippen LogP contribution in [0.5, 0.6) is 17.2 Å². The predicted molar refractivity (Wildman–Crippen MR) is 134 cm³/mol. The van der Waals surface area contributed by atoms with Crippen molar-refractivity contribution in [1.82, 2.24) is 19.3 Å². The molecule has 0 radical (unpaired) electrons. The molecule has 1 aliphatic heterocycles.